The van der Waals surface area contributed by atoms with Gasteiger partial charge >= 0.3 is 0 Å². The zero-order valence-corrected chi connectivity index (χ0v) is 17.9. The number of benzene rings is 3. The van der Waals surface area contributed by atoms with Crippen molar-refractivity contribution in [3.63, 3.8) is 0 Å². The Hall–Kier alpha value is -3.71. The summed E-state index contributed by atoms with van der Waals surface area (Å²) >= 11 is 0. The zero-order chi connectivity index (χ0) is 22.0. The van der Waals surface area contributed by atoms with Gasteiger partial charge in [-0.25, -0.2) is 8.42 Å². The Morgan fingerprint density at radius 1 is 0.871 bits per heavy atom. The minimum Gasteiger partial charge on any atom is -0.320 e. The number of pyridine rings is 1. The second-order valence-electron chi connectivity index (χ2n) is 7.26. The number of amides is 1. The summed E-state index contributed by atoms with van der Waals surface area (Å²) in [5.74, 6) is -0.304. The van der Waals surface area contributed by atoms with Gasteiger partial charge in [-0.2, -0.15) is 0 Å². The number of nitrogens with one attached hydrogen (secondary N) is 2. The highest BCUT2D eigenvalue weighted by molar-refractivity contribution is 7.92. The number of carbonyl (C=O) groups is 1. The van der Waals surface area contributed by atoms with Crippen molar-refractivity contribution in [1.29, 1.82) is 0 Å². The Morgan fingerprint density at radius 3 is 2.35 bits per heavy atom. The third kappa shape index (κ3) is 4.41. The van der Waals surface area contributed by atoms with E-state index in [1.807, 2.05) is 38.1 Å². The van der Waals surface area contributed by atoms with E-state index >= 15 is 0 Å². The number of hydrogen-bond donors (Lipinski definition) is 2. The fourth-order valence-corrected chi connectivity index (χ4v) is 4.33. The molecule has 4 rings (SSSR count). The number of nitrogens with zero attached hydrogens (tertiary/aromatic N) is 1. The highest BCUT2D eigenvalue weighted by Crippen LogP contribution is 2.22. The molecule has 6 nitrogen and oxygen atoms in total. The number of rotatable bonds is 5. The highest BCUT2D eigenvalue weighted by atomic mass is 32.2. The Labute approximate surface area is 181 Å². The van der Waals surface area contributed by atoms with E-state index in [0.717, 1.165) is 16.5 Å². The van der Waals surface area contributed by atoms with Gasteiger partial charge in [0.2, 0.25) is 0 Å². The Balaban J connectivity index is 1.51. The molecule has 0 spiro atoms. The number of anilines is 2. The van der Waals surface area contributed by atoms with Gasteiger partial charge in [-0.1, -0.05) is 24.3 Å². The fraction of sp³-hybridized carbons (Fsp3) is 0.0833. The van der Waals surface area contributed by atoms with Gasteiger partial charge in [0.25, 0.3) is 15.9 Å². The monoisotopic (exact) mass is 431 g/mol. The van der Waals surface area contributed by atoms with Crippen LogP contribution in [-0.4, -0.2) is 19.3 Å². The van der Waals surface area contributed by atoms with Gasteiger partial charge in [0, 0.05) is 22.8 Å². The van der Waals surface area contributed by atoms with Crippen LogP contribution in [-0.2, 0) is 10.0 Å². The van der Waals surface area contributed by atoms with E-state index < -0.39 is 10.0 Å². The van der Waals surface area contributed by atoms with Crippen molar-refractivity contribution < 1.29 is 13.2 Å². The molecule has 4 aromatic rings. The average Bonchev–Trinajstić information content (AvgIpc) is 2.76. The molecule has 0 unspecified atom stereocenters. The van der Waals surface area contributed by atoms with E-state index in [1.54, 1.807) is 54.7 Å². The predicted molar refractivity (Wildman–Crippen MR) is 123 cm³/mol. The van der Waals surface area contributed by atoms with Crippen LogP contribution < -0.4 is 10.0 Å². The number of fused-ring (bicyclic) bond motifs is 1. The molecule has 0 aliphatic rings. The van der Waals surface area contributed by atoms with Gasteiger partial charge in [0.15, 0.2) is 0 Å². The first-order valence-electron chi connectivity index (χ1n) is 9.69. The third-order valence-electron chi connectivity index (χ3n) is 5.07. The molecule has 0 saturated carbocycles. The standard InChI is InChI=1S/C24H21N3O3S/c1-16-8-13-21(15-17(16)2)31(29,30)27-20-11-9-19(10-12-20)24(28)26-22-7-3-5-18-6-4-14-25-23(18)22/h3-15,27H,1-2H3,(H,26,28). The van der Waals surface area contributed by atoms with Crippen LogP contribution in [0.5, 0.6) is 0 Å². The van der Waals surface area contributed by atoms with E-state index in [4.69, 9.17) is 0 Å². The molecule has 0 aliphatic carbocycles. The summed E-state index contributed by atoms with van der Waals surface area (Å²) in [6, 6.07) is 20.6. The van der Waals surface area contributed by atoms with Crippen molar-refractivity contribution in [3.05, 3.63) is 95.7 Å². The molecule has 1 heterocycles. The Morgan fingerprint density at radius 2 is 1.61 bits per heavy atom. The van der Waals surface area contributed by atoms with Crippen molar-refractivity contribution >= 4 is 38.2 Å². The maximum Gasteiger partial charge on any atom is 0.261 e. The summed E-state index contributed by atoms with van der Waals surface area (Å²) in [6.45, 7) is 3.80. The van der Waals surface area contributed by atoms with Crippen molar-refractivity contribution in [2.24, 2.45) is 0 Å². The lowest BCUT2D eigenvalue weighted by Gasteiger charge is -2.11. The second kappa shape index (κ2) is 8.20. The number of hydrogen-bond acceptors (Lipinski definition) is 4. The Bertz CT molecular complexity index is 1380. The van der Waals surface area contributed by atoms with Gasteiger partial charge in [0.1, 0.15) is 0 Å². The number of sulfonamides is 1. The van der Waals surface area contributed by atoms with E-state index in [1.165, 1.54) is 0 Å². The lowest BCUT2D eigenvalue weighted by atomic mass is 10.1. The molecule has 0 atom stereocenters. The molecule has 31 heavy (non-hydrogen) atoms. The van der Waals surface area contributed by atoms with Crippen LogP contribution >= 0.6 is 0 Å². The SMILES string of the molecule is Cc1ccc(S(=O)(=O)Nc2ccc(C(=O)Nc3cccc4cccnc34)cc2)cc1C. The predicted octanol–water partition coefficient (Wildman–Crippen LogP) is 4.90. The van der Waals surface area contributed by atoms with Gasteiger partial charge in [-0.15, -0.1) is 0 Å². The topological polar surface area (TPSA) is 88.2 Å². The van der Waals surface area contributed by atoms with Crippen LogP contribution in [0.4, 0.5) is 11.4 Å². The van der Waals surface area contributed by atoms with Gasteiger partial charge in [-0.05, 0) is 73.5 Å². The van der Waals surface area contributed by atoms with Gasteiger partial charge < -0.3 is 5.32 Å². The molecule has 0 radical (unpaired) electrons. The van der Waals surface area contributed by atoms with E-state index in [9.17, 15) is 13.2 Å². The molecule has 3 aromatic carbocycles. The van der Waals surface area contributed by atoms with Crippen LogP contribution in [0.15, 0.2) is 83.9 Å². The van der Waals surface area contributed by atoms with E-state index in [-0.39, 0.29) is 10.8 Å². The first kappa shape index (κ1) is 20.6. The zero-order valence-electron chi connectivity index (χ0n) is 17.1. The first-order chi connectivity index (χ1) is 14.8. The fourth-order valence-electron chi connectivity index (χ4n) is 3.18. The highest BCUT2D eigenvalue weighted by Gasteiger charge is 2.15. The lowest BCUT2D eigenvalue weighted by molar-refractivity contribution is 0.102. The molecule has 0 bridgehead atoms. The van der Waals surface area contributed by atoms with Crippen molar-refractivity contribution in [3.8, 4) is 0 Å². The second-order valence-corrected chi connectivity index (χ2v) is 8.95. The van der Waals surface area contributed by atoms with Gasteiger partial charge in [-0.3, -0.25) is 14.5 Å². The van der Waals surface area contributed by atoms with Crippen molar-refractivity contribution in [2.45, 2.75) is 18.7 Å². The van der Waals surface area contributed by atoms with Crippen LogP contribution in [0, 0.1) is 13.8 Å². The van der Waals surface area contributed by atoms with E-state index in [2.05, 4.69) is 15.0 Å². The number of aryl methyl sites for hydroxylation is 2. The number of carbonyl (C=O) groups excluding carboxylic acids is 1. The molecular weight excluding hydrogens is 410 g/mol. The van der Waals surface area contributed by atoms with Crippen LogP contribution in [0.2, 0.25) is 0 Å². The molecule has 0 saturated heterocycles. The first-order valence-corrected chi connectivity index (χ1v) is 11.2. The minimum atomic E-state index is -3.72. The lowest BCUT2D eigenvalue weighted by Crippen LogP contribution is -2.14. The number of para-hydroxylation sites is 1. The maximum atomic E-state index is 12.7. The molecule has 156 valence electrons. The number of aromatic nitrogens is 1. The molecule has 2 N–H and O–H groups in total. The molecule has 0 aliphatic heterocycles. The summed E-state index contributed by atoms with van der Waals surface area (Å²) < 4.78 is 27.9. The van der Waals surface area contributed by atoms with Crippen LogP contribution in [0.1, 0.15) is 21.5 Å². The molecule has 0 fully saturated rings. The minimum absolute atomic E-state index is 0.195. The summed E-state index contributed by atoms with van der Waals surface area (Å²) in [6.07, 6.45) is 1.68. The summed E-state index contributed by atoms with van der Waals surface area (Å²) in [5.41, 5.74) is 4.02. The van der Waals surface area contributed by atoms with Crippen molar-refractivity contribution in [1.82, 2.24) is 4.98 Å². The molecule has 1 amide bonds. The molecule has 7 heteroatoms. The average molecular weight is 432 g/mol. The Kier molecular flexibility index (Phi) is 5.44. The third-order valence-corrected chi connectivity index (χ3v) is 6.45. The van der Waals surface area contributed by atoms with E-state index in [0.29, 0.717) is 22.5 Å². The van der Waals surface area contributed by atoms with Crippen LogP contribution in [0.25, 0.3) is 10.9 Å². The molecular formula is C24H21N3O3S. The maximum absolute atomic E-state index is 12.7. The largest absolute Gasteiger partial charge is 0.320 e. The summed E-state index contributed by atoms with van der Waals surface area (Å²) in [4.78, 5) is 17.2. The quantitative estimate of drug-likeness (QED) is 0.470. The summed E-state index contributed by atoms with van der Waals surface area (Å²) in [7, 11) is -3.72. The molecule has 1 aromatic heterocycles. The van der Waals surface area contributed by atoms with Crippen LogP contribution in [0.3, 0.4) is 0 Å². The smallest absolute Gasteiger partial charge is 0.261 e. The van der Waals surface area contributed by atoms with Gasteiger partial charge in [0.05, 0.1) is 16.1 Å². The normalized spacial score (nSPS) is 11.3. The van der Waals surface area contributed by atoms with Crippen molar-refractivity contribution in [2.75, 3.05) is 10.0 Å². The summed E-state index contributed by atoms with van der Waals surface area (Å²) in [5, 5.41) is 3.79.